The van der Waals surface area contributed by atoms with Gasteiger partial charge < -0.3 is 10.1 Å². The molecule has 0 amide bonds. The molecule has 3 nitrogen and oxygen atoms in total. The molecule has 0 aliphatic carbocycles. The zero-order valence-corrected chi connectivity index (χ0v) is 5.78. The van der Waals surface area contributed by atoms with E-state index >= 15 is 0 Å². The zero-order chi connectivity index (χ0) is 8.20. The van der Waals surface area contributed by atoms with Gasteiger partial charge in [0, 0.05) is 0 Å². The molecule has 0 radical (unpaired) electrons. The molecule has 0 saturated heterocycles. The molecule has 0 heterocycles. The fourth-order valence-electron chi connectivity index (χ4n) is 0.444. The van der Waals surface area contributed by atoms with E-state index in [2.05, 4.69) is 10.1 Å². The van der Waals surface area contributed by atoms with Gasteiger partial charge in [0.15, 0.2) is 0 Å². The molecule has 0 atom stereocenters. The molecule has 0 bridgehead atoms. The number of ether oxygens (including phenoxy) is 1. The van der Waals surface area contributed by atoms with Crippen molar-refractivity contribution in [2.45, 2.75) is 5.92 Å². The molecule has 0 spiro atoms. The molecule has 0 aromatic carbocycles. The van der Waals surface area contributed by atoms with Crippen LogP contribution >= 0.6 is 0 Å². The number of hydrogen-bond donors (Lipinski definition) is 1. The van der Waals surface area contributed by atoms with Crippen LogP contribution < -0.4 is 5.32 Å². The lowest BCUT2D eigenvalue weighted by molar-refractivity contribution is -0.167. The second-order valence-electron chi connectivity index (χ2n) is 1.73. The number of nitrogens with one attached hydrogen (secondary N) is 1. The molecular weight excluding hydrogens is 144 g/mol. The Morgan fingerprint density at radius 1 is 1.70 bits per heavy atom. The van der Waals surface area contributed by atoms with Crippen LogP contribution in [0.15, 0.2) is 0 Å². The highest BCUT2D eigenvalue weighted by molar-refractivity contribution is 5.77. The number of esters is 1. The number of carbonyl (C=O) groups excluding carboxylic acids is 1. The quantitative estimate of drug-likeness (QED) is 0.580. The van der Waals surface area contributed by atoms with E-state index in [1.165, 1.54) is 7.05 Å². The smallest absolute Gasteiger partial charge is 0.378 e. The van der Waals surface area contributed by atoms with Gasteiger partial charge in [0.1, 0.15) is 0 Å². The second kappa shape index (κ2) is 3.46. The van der Waals surface area contributed by atoms with Gasteiger partial charge in [0.25, 0.3) is 0 Å². The predicted molar refractivity (Wildman–Crippen MR) is 30.9 cm³/mol. The van der Waals surface area contributed by atoms with Gasteiger partial charge in [-0.1, -0.05) is 0 Å². The molecule has 0 rings (SSSR count). The van der Waals surface area contributed by atoms with Gasteiger partial charge in [-0.05, 0) is 7.05 Å². The highest BCUT2D eigenvalue weighted by atomic mass is 19.3. The van der Waals surface area contributed by atoms with E-state index < -0.39 is 18.4 Å². The zero-order valence-electron chi connectivity index (χ0n) is 5.78. The standard InChI is InChI=1S/C5H9F2NO2/c1-8-3-5(6,7)4(9)10-2/h8H,3H2,1-2H3. The summed E-state index contributed by atoms with van der Waals surface area (Å²) < 4.78 is 28.4. The van der Waals surface area contributed by atoms with Crippen molar-refractivity contribution in [3.05, 3.63) is 0 Å². The Morgan fingerprint density at radius 2 is 2.20 bits per heavy atom. The lowest BCUT2D eigenvalue weighted by Crippen LogP contribution is -2.39. The minimum absolute atomic E-state index is 0.695. The van der Waals surface area contributed by atoms with Crippen molar-refractivity contribution >= 4 is 5.97 Å². The van der Waals surface area contributed by atoms with Crippen molar-refractivity contribution in [2.24, 2.45) is 0 Å². The van der Waals surface area contributed by atoms with Gasteiger partial charge in [0.2, 0.25) is 0 Å². The monoisotopic (exact) mass is 153 g/mol. The Hall–Kier alpha value is -0.710. The van der Waals surface area contributed by atoms with Gasteiger partial charge in [-0.15, -0.1) is 0 Å². The van der Waals surface area contributed by atoms with Gasteiger partial charge in [-0.25, -0.2) is 4.79 Å². The highest BCUT2D eigenvalue weighted by Crippen LogP contribution is 2.12. The number of rotatable bonds is 3. The Bertz CT molecular complexity index is 127. The van der Waals surface area contributed by atoms with Gasteiger partial charge in [0.05, 0.1) is 13.7 Å². The Balaban J connectivity index is 3.96. The summed E-state index contributed by atoms with van der Waals surface area (Å²) in [6.45, 7) is -0.695. The molecular formula is C5H9F2NO2. The van der Waals surface area contributed by atoms with Crippen LogP contribution in [0.5, 0.6) is 0 Å². The molecule has 1 N–H and O–H groups in total. The minimum Gasteiger partial charge on any atom is -0.465 e. The topological polar surface area (TPSA) is 38.3 Å². The molecule has 0 aromatic rings. The van der Waals surface area contributed by atoms with Gasteiger partial charge in [-0.3, -0.25) is 0 Å². The first kappa shape index (κ1) is 9.29. The van der Waals surface area contributed by atoms with E-state index in [0.29, 0.717) is 0 Å². The summed E-state index contributed by atoms with van der Waals surface area (Å²) in [5.74, 6) is -4.93. The highest BCUT2D eigenvalue weighted by Gasteiger charge is 2.38. The number of halogens is 2. The largest absolute Gasteiger partial charge is 0.465 e. The van der Waals surface area contributed by atoms with Gasteiger partial charge in [-0.2, -0.15) is 8.78 Å². The van der Waals surface area contributed by atoms with Crippen LogP contribution in [-0.2, 0) is 9.53 Å². The molecule has 60 valence electrons. The number of methoxy groups -OCH3 is 1. The maximum atomic E-state index is 12.3. The average molecular weight is 153 g/mol. The van der Waals surface area contributed by atoms with Crippen LogP contribution in [0.25, 0.3) is 0 Å². The Labute approximate surface area is 57.4 Å². The maximum absolute atomic E-state index is 12.3. The molecule has 10 heavy (non-hydrogen) atoms. The molecule has 5 heteroatoms. The van der Waals surface area contributed by atoms with Crippen molar-refractivity contribution in [1.29, 1.82) is 0 Å². The average Bonchev–Trinajstić information content (AvgIpc) is 1.86. The molecule has 0 saturated carbocycles. The van der Waals surface area contributed by atoms with Crippen molar-refractivity contribution in [3.8, 4) is 0 Å². The van der Waals surface area contributed by atoms with E-state index in [1.807, 2.05) is 0 Å². The van der Waals surface area contributed by atoms with Crippen LogP contribution in [-0.4, -0.2) is 32.6 Å². The third kappa shape index (κ3) is 2.26. The number of alkyl halides is 2. The van der Waals surface area contributed by atoms with Crippen LogP contribution in [0.2, 0.25) is 0 Å². The van der Waals surface area contributed by atoms with Crippen LogP contribution in [0.1, 0.15) is 0 Å². The van der Waals surface area contributed by atoms with Gasteiger partial charge >= 0.3 is 11.9 Å². The summed E-state index contributed by atoms with van der Waals surface area (Å²) >= 11 is 0. The van der Waals surface area contributed by atoms with Crippen LogP contribution in [0.4, 0.5) is 8.78 Å². The lowest BCUT2D eigenvalue weighted by Gasteiger charge is -2.11. The fraction of sp³-hybridized carbons (Fsp3) is 0.800. The third-order valence-corrected chi connectivity index (χ3v) is 0.883. The van der Waals surface area contributed by atoms with Crippen LogP contribution in [0.3, 0.4) is 0 Å². The van der Waals surface area contributed by atoms with Crippen molar-refractivity contribution in [1.82, 2.24) is 5.32 Å². The molecule has 0 aliphatic rings. The molecule has 0 aliphatic heterocycles. The van der Waals surface area contributed by atoms with Crippen LogP contribution in [0, 0.1) is 0 Å². The summed E-state index contributed by atoms with van der Waals surface area (Å²) in [6.07, 6.45) is 0. The predicted octanol–water partition coefficient (Wildman–Crippen LogP) is 0.0141. The number of carbonyl (C=O) groups is 1. The first-order valence-electron chi connectivity index (χ1n) is 2.65. The normalized spacial score (nSPS) is 11.2. The van der Waals surface area contributed by atoms with E-state index in [1.54, 1.807) is 0 Å². The summed E-state index contributed by atoms with van der Waals surface area (Å²) in [5, 5.41) is 2.17. The Kier molecular flexibility index (Phi) is 3.21. The SMILES string of the molecule is CNCC(F)(F)C(=O)OC. The van der Waals surface area contributed by atoms with E-state index in [4.69, 9.17) is 0 Å². The summed E-state index contributed by atoms with van der Waals surface area (Å²) in [6, 6.07) is 0. The molecule has 0 unspecified atom stereocenters. The van der Waals surface area contributed by atoms with E-state index in [9.17, 15) is 13.6 Å². The summed E-state index contributed by atoms with van der Waals surface area (Å²) in [7, 11) is 2.25. The second-order valence-corrected chi connectivity index (χ2v) is 1.73. The molecule has 0 aromatic heterocycles. The third-order valence-electron chi connectivity index (χ3n) is 0.883. The van der Waals surface area contributed by atoms with E-state index in [0.717, 1.165) is 7.11 Å². The number of hydrogen-bond acceptors (Lipinski definition) is 3. The molecule has 0 fully saturated rings. The van der Waals surface area contributed by atoms with Crippen molar-refractivity contribution in [2.75, 3.05) is 20.7 Å². The van der Waals surface area contributed by atoms with Crippen molar-refractivity contribution < 1.29 is 18.3 Å². The summed E-state index contributed by atoms with van der Waals surface area (Å²) in [4.78, 5) is 10.2. The first-order chi connectivity index (χ1) is 4.54. The maximum Gasteiger partial charge on any atom is 0.378 e. The Morgan fingerprint density at radius 3 is 2.50 bits per heavy atom. The fourth-order valence-corrected chi connectivity index (χ4v) is 0.444. The first-order valence-corrected chi connectivity index (χ1v) is 2.65. The minimum atomic E-state index is -3.41. The van der Waals surface area contributed by atoms with E-state index in [-0.39, 0.29) is 0 Å². The lowest BCUT2D eigenvalue weighted by atomic mass is 10.3. The van der Waals surface area contributed by atoms with Crippen molar-refractivity contribution in [3.63, 3.8) is 0 Å². The summed E-state index contributed by atoms with van der Waals surface area (Å²) in [5.41, 5.74) is 0.